The van der Waals surface area contributed by atoms with Gasteiger partial charge in [0.25, 0.3) is 0 Å². The summed E-state index contributed by atoms with van der Waals surface area (Å²) < 4.78 is 0. The third kappa shape index (κ3) is 4.10. The van der Waals surface area contributed by atoms with Crippen LogP contribution in [0.2, 0.25) is 0 Å². The Balaban J connectivity index is 2.88. The number of aryl methyl sites for hydroxylation is 2. The molecular weight excluding hydrogens is 238 g/mol. The quantitative estimate of drug-likeness (QED) is 0.680. The first kappa shape index (κ1) is 15.7. The molecule has 0 aliphatic heterocycles. The van der Waals surface area contributed by atoms with Gasteiger partial charge in [-0.2, -0.15) is 0 Å². The van der Waals surface area contributed by atoms with Crippen LogP contribution in [0.15, 0.2) is 6.07 Å². The Hall–Kier alpha value is -0.340. The van der Waals surface area contributed by atoms with Gasteiger partial charge in [-0.3, -0.25) is 0 Å². The Morgan fingerprint density at radius 3 is 2.39 bits per heavy atom. The second-order valence-electron chi connectivity index (χ2n) is 5.25. The van der Waals surface area contributed by atoms with Gasteiger partial charge in [-0.25, -0.2) is 0 Å². The zero-order chi connectivity index (χ0) is 13.5. The van der Waals surface area contributed by atoms with Crippen LogP contribution < -0.4 is 5.32 Å². The highest BCUT2D eigenvalue weighted by molar-refractivity contribution is 7.12. The summed E-state index contributed by atoms with van der Waals surface area (Å²) in [6, 6.07) is 2.89. The van der Waals surface area contributed by atoms with Gasteiger partial charge in [-0.1, -0.05) is 40.0 Å². The molecule has 0 fully saturated rings. The van der Waals surface area contributed by atoms with E-state index in [9.17, 15) is 0 Å². The van der Waals surface area contributed by atoms with Crippen molar-refractivity contribution in [3.8, 4) is 0 Å². The molecule has 0 aliphatic carbocycles. The first-order valence-electron chi connectivity index (χ1n) is 7.44. The zero-order valence-corrected chi connectivity index (χ0v) is 13.5. The summed E-state index contributed by atoms with van der Waals surface area (Å²) in [6.07, 6.45) is 5.27. The highest BCUT2D eigenvalue weighted by Crippen LogP contribution is 2.35. The molecule has 2 unspecified atom stereocenters. The van der Waals surface area contributed by atoms with Crippen LogP contribution in [-0.4, -0.2) is 6.54 Å². The molecule has 1 rings (SSSR count). The maximum Gasteiger partial charge on any atom is 0.0446 e. The topological polar surface area (TPSA) is 12.0 Å². The molecule has 0 spiro atoms. The van der Waals surface area contributed by atoms with Gasteiger partial charge in [0.05, 0.1) is 0 Å². The van der Waals surface area contributed by atoms with Crippen LogP contribution in [0.5, 0.6) is 0 Å². The molecule has 1 aromatic rings. The Bertz CT molecular complexity index is 343. The zero-order valence-electron chi connectivity index (χ0n) is 12.7. The van der Waals surface area contributed by atoms with Gasteiger partial charge in [-0.05, 0) is 44.4 Å². The van der Waals surface area contributed by atoms with Gasteiger partial charge in [0.2, 0.25) is 0 Å². The van der Waals surface area contributed by atoms with E-state index in [1.807, 2.05) is 11.3 Å². The van der Waals surface area contributed by atoms with Gasteiger partial charge in [0.1, 0.15) is 0 Å². The smallest absolute Gasteiger partial charge is 0.0446 e. The number of unbranched alkanes of at least 4 members (excludes halogenated alkanes) is 1. The number of hydrogen-bond donors (Lipinski definition) is 1. The van der Waals surface area contributed by atoms with E-state index in [1.54, 1.807) is 4.88 Å². The standard InChI is InChI=1S/C16H29NS/c1-6-9-10-14(7-2)15(17-8-3)16-12(4)11-13(5)18-16/h11,14-15,17H,6-10H2,1-5H3. The largest absolute Gasteiger partial charge is 0.309 e. The van der Waals surface area contributed by atoms with Gasteiger partial charge in [0.15, 0.2) is 0 Å². The molecular formula is C16H29NS. The van der Waals surface area contributed by atoms with Crippen molar-refractivity contribution < 1.29 is 0 Å². The summed E-state index contributed by atoms with van der Waals surface area (Å²) in [5, 5.41) is 3.72. The Morgan fingerprint density at radius 1 is 1.22 bits per heavy atom. The van der Waals surface area contributed by atoms with Crippen LogP contribution in [0, 0.1) is 19.8 Å². The van der Waals surface area contributed by atoms with E-state index in [0.717, 1.165) is 12.5 Å². The molecule has 0 saturated carbocycles. The molecule has 2 heteroatoms. The minimum Gasteiger partial charge on any atom is -0.309 e. The Labute approximate surface area is 117 Å². The molecule has 0 bridgehead atoms. The fourth-order valence-corrected chi connectivity index (χ4v) is 3.94. The molecule has 0 aromatic carbocycles. The minimum absolute atomic E-state index is 0.560. The van der Waals surface area contributed by atoms with Crippen molar-refractivity contribution in [3.05, 3.63) is 21.4 Å². The number of thiophene rings is 1. The summed E-state index contributed by atoms with van der Waals surface area (Å²) in [5.41, 5.74) is 1.47. The molecule has 1 heterocycles. The maximum atomic E-state index is 3.72. The fraction of sp³-hybridized carbons (Fsp3) is 0.750. The van der Waals surface area contributed by atoms with Crippen molar-refractivity contribution in [1.82, 2.24) is 5.32 Å². The lowest BCUT2D eigenvalue weighted by Gasteiger charge is -2.27. The number of hydrogen-bond acceptors (Lipinski definition) is 2. The molecule has 18 heavy (non-hydrogen) atoms. The number of rotatable bonds is 8. The van der Waals surface area contributed by atoms with Crippen LogP contribution in [0.1, 0.15) is 67.8 Å². The van der Waals surface area contributed by atoms with Crippen molar-refractivity contribution in [2.45, 2.75) is 66.3 Å². The van der Waals surface area contributed by atoms with Crippen molar-refractivity contribution >= 4 is 11.3 Å². The third-order valence-corrected chi connectivity index (χ3v) is 4.95. The first-order chi connectivity index (χ1) is 8.63. The van der Waals surface area contributed by atoms with Crippen molar-refractivity contribution in [1.29, 1.82) is 0 Å². The van der Waals surface area contributed by atoms with Gasteiger partial charge in [0, 0.05) is 15.8 Å². The summed E-state index contributed by atoms with van der Waals surface area (Å²) in [6.45, 7) is 12.4. The lowest BCUT2D eigenvalue weighted by Crippen LogP contribution is -2.28. The average molecular weight is 267 g/mol. The predicted molar refractivity (Wildman–Crippen MR) is 83.5 cm³/mol. The monoisotopic (exact) mass is 267 g/mol. The first-order valence-corrected chi connectivity index (χ1v) is 8.25. The van der Waals surface area contributed by atoms with E-state index in [4.69, 9.17) is 0 Å². The van der Waals surface area contributed by atoms with Crippen molar-refractivity contribution in [2.75, 3.05) is 6.54 Å². The van der Waals surface area contributed by atoms with Crippen LogP contribution in [0.3, 0.4) is 0 Å². The van der Waals surface area contributed by atoms with Crippen LogP contribution in [0.25, 0.3) is 0 Å². The average Bonchev–Trinajstić information content (AvgIpc) is 2.67. The van der Waals surface area contributed by atoms with E-state index in [2.05, 4.69) is 46.0 Å². The van der Waals surface area contributed by atoms with Gasteiger partial charge >= 0.3 is 0 Å². The highest BCUT2D eigenvalue weighted by Gasteiger charge is 2.23. The Kier molecular flexibility index (Phi) is 6.95. The van der Waals surface area contributed by atoms with Crippen LogP contribution in [-0.2, 0) is 0 Å². The summed E-state index contributed by atoms with van der Waals surface area (Å²) in [5.74, 6) is 0.779. The van der Waals surface area contributed by atoms with Gasteiger partial charge in [-0.15, -0.1) is 11.3 Å². The predicted octanol–water partition coefficient (Wildman–Crippen LogP) is 5.23. The summed E-state index contributed by atoms with van der Waals surface area (Å²) >= 11 is 1.98. The van der Waals surface area contributed by atoms with E-state index in [-0.39, 0.29) is 0 Å². The molecule has 0 amide bonds. The van der Waals surface area contributed by atoms with E-state index >= 15 is 0 Å². The van der Waals surface area contributed by atoms with Crippen molar-refractivity contribution in [3.63, 3.8) is 0 Å². The summed E-state index contributed by atoms with van der Waals surface area (Å²) in [7, 11) is 0. The van der Waals surface area contributed by atoms with E-state index in [0.29, 0.717) is 6.04 Å². The lowest BCUT2D eigenvalue weighted by atomic mass is 9.89. The third-order valence-electron chi connectivity index (χ3n) is 3.71. The van der Waals surface area contributed by atoms with Crippen LogP contribution >= 0.6 is 11.3 Å². The van der Waals surface area contributed by atoms with E-state index < -0.39 is 0 Å². The second-order valence-corrected chi connectivity index (χ2v) is 6.54. The van der Waals surface area contributed by atoms with E-state index in [1.165, 1.54) is 36.1 Å². The molecule has 1 N–H and O–H groups in total. The SMILES string of the molecule is CCCCC(CC)C(NCC)c1sc(C)cc1C. The molecule has 2 atom stereocenters. The molecule has 0 saturated heterocycles. The summed E-state index contributed by atoms with van der Waals surface area (Å²) in [4.78, 5) is 3.01. The van der Waals surface area contributed by atoms with Crippen LogP contribution in [0.4, 0.5) is 0 Å². The molecule has 1 aromatic heterocycles. The highest BCUT2D eigenvalue weighted by atomic mass is 32.1. The fourth-order valence-electron chi connectivity index (χ4n) is 2.73. The lowest BCUT2D eigenvalue weighted by molar-refractivity contribution is 0.331. The normalized spacial score (nSPS) is 14.7. The second kappa shape index (κ2) is 7.96. The molecule has 1 nitrogen and oxygen atoms in total. The minimum atomic E-state index is 0.560. The van der Waals surface area contributed by atoms with Gasteiger partial charge < -0.3 is 5.32 Å². The molecule has 0 radical (unpaired) electrons. The van der Waals surface area contributed by atoms with Crippen molar-refractivity contribution in [2.24, 2.45) is 5.92 Å². The Morgan fingerprint density at radius 2 is 1.94 bits per heavy atom. The molecule has 104 valence electrons. The number of nitrogens with one attached hydrogen (secondary N) is 1. The molecule has 0 aliphatic rings. The maximum absolute atomic E-state index is 3.72.